The summed E-state index contributed by atoms with van der Waals surface area (Å²) >= 11 is 0. The van der Waals surface area contributed by atoms with Crippen LogP contribution in [0.15, 0.2) is 24.3 Å². The van der Waals surface area contributed by atoms with Gasteiger partial charge >= 0.3 is 17.9 Å². The monoisotopic (exact) mass is 536 g/mol. The quantitative estimate of drug-likeness (QED) is 0.284. The molecule has 0 aliphatic rings. The van der Waals surface area contributed by atoms with Crippen LogP contribution in [0, 0.1) is 17.8 Å². The summed E-state index contributed by atoms with van der Waals surface area (Å²) in [4.78, 5) is 41.8. The highest BCUT2D eigenvalue weighted by atomic mass is 35.5. The molecule has 0 radical (unpaired) electrons. The van der Waals surface area contributed by atoms with Gasteiger partial charge < -0.3 is 19.5 Å². The van der Waals surface area contributed by atoms with Crippen molar-refractivity contribution in [3.63, 3.8) is 0 Å². The van der Waals surface area contributed by atoms with Crippen molar-refractivity contribution in [1.82, 2.24) is 10.3 Å². The third-order valence-electron chi connectivity index (χ3n) is 5.56. The van der Waals surface area contributed by atoms with Gasteiger partial charge in [0.05, 0.1) is 17.8 Å². The van der Waals surface area contributed by atoms with Crippen molar-refractivity contribution < 1.29 is 28.6 Å². The van der Waals surface area contributed by atoms with Crippen molar-refractivity contribution in [1.29, 1.82) is 0 Å². The predicted molar refractivity (Wildman–Crippen MR) is 146 cm³/mol. The molecule has 0 bridgehead atoms. The minimum Gasteiger partial charge on any atom is -0.456 e. The SMILES string of the molecule is CCC(NC(C)C)C(OC(=O)C(C)C)c1ccc(OC(=O)C(C)C)c2nc(OC(=O)C(C)C)ccc12.Cl. The van der Waals surface area contributed by atoms with Gasteiger partial charge in [-0.1, -0.05) is 68.4 Å². The number of benzene rings is 1. The number of carbonyl (C=O) groups excluding carboxylic acids is 3. The minimum atomic E-state index is -0.615. The average Bonchev–Trinajstić information content (AvgIpc) is 2.81. The van der Waals surface area contributed by atoms with Crippen molar-refractivity contribution in [3.05, 3.63) is 29.8 Å². The fourth-order valence-electron chi connectivity index (χ4n) is 3.50. The lowest BCUT2D eigenvalue weighted by atomic mass is 9.95. The molecular formula is C28H41ClN2O6. The Kier molecular flexibility index (Phi) is 12.5. The van der Waals surface area contributed by atoms with E-state index in [1.54, 1.807) is 65.8 Å². The Hall–Kier alpha value is -2.71. The molecule has 2 aromatic rings. The van der Waals surface area contributed by atoms with Crippen LogP contribution in [0.2, 0.25) is 0 Å². The Balaban J connectivity index is 0.00000684. The molecular weight excluding hydrogens is 496 g/mol. The van der Waals surface area contributed by atoms with Gasteiger partial charge in [-0.3, -0.25) is 14.4 Å². The standard InChI is InChI=1S/C28H40N2O6.ClH/c1-10-21(29-18(8)9)25(36-28(33)17(6)7)20-11-13-22(34-26(31)15(2)3)24-19(20)12-14-23(30-24)35-27(32)16(4)5;/h11-18,21,25,29H,10H2,1-9H3;1H. The maximum Gasteiger partial charge on any atom is 0.315 e. The molecule has 9 heteroatoms. The third-order valence-corrected chi connectivity index (χ3v) is 5.56. The zero-order valence-corrected chi connectivity index (χ0v) is 24.1. The van der Waals surface area contributed by atoms with E-state index in [0.717, 1.165) is 5.56 Å². The van der Waals surface area contributed by atoms with Gasteiger partial charge in [0.15, 0.2) is 5.75 Å². The lowest BCUT2D eigenvalue weighted by Gasteiger charge is -2.30. The van der Waals surface area contributed by atoms with Gasteiger partial charge in [-0.2, -0.15) is 0 Å². The fraction of sp³-hybridized carbons (Fsp3) is 0.571. The van der Waals surface area contributed by atoms with Crippen LogP contribution < -0.4 is 14.8 Å². The second-order valence-electron chi connectivity index (χ2n) is 10.2. The van der Waals surface area contributed by atoms with Crippen molar-refractivity contribution in [3.8, 4) is 11.6 Å². The van der Waals surface area contributed by atoms with Crippen LogP contribution in [0.1, 0.15) is 80.4 Å². The number of nitrogens with zero attached hydrogens (tertiary/aromatic N) is 1. The van der Waals surface area contributed by atoms with Crippen molar-refractivity contribution >= 4 is 41.2 Å². The number of esters is 3. The third kappa shape index (κ3) is 8.68. The van der Waals surface area contributed by atoms with E-state index in [4.69, 9.17) is 14.2 Å². The first-order valence-corrected chi connectivity index (χ1v) is 12.7. The zero-order valence-electron chi connectivity index (χ0n) is 23.3. The van der Waals surface area contributed by atoms with E-state index in [1.807, 2.05) is 20.8 Å². The minimum absolute atomic E-state index is 0. The number of nitrogens with one attached hydrogen (secondary N) is 1. The van der Waals surface area contributed by atoms with Gasteiger partial charge in [0, 0.05) is 29.1 Å². The highest BCUT2D eigenvalue weighted by Crippen LogP contribution is 2.36. The van der Waals surface area contributed by atoms with Crippen LogP contribution >= 0.6 is 12.4 Å². The normalized spacial score (nSPS) is 13.0. The van der Waals surface area contributed by atoms with Crippen LogP contribution in [0.4, 0.5) is 0 Å². The molecule has 8 nitrogen and oxygen atoms in total. The number of halogens is 1. The lowest BCUT2D eigenvalue weighted by Crippen LogP contribution is -2.41. The highest BCUT2D eigenvalue weighted by molar-refractivity contribution is 5.91. The molecule has 0 saturated carbocycles. The van der Waals surface area contributed by atoms with Crippen molar-refractivity contribution in [2.75, 3.05) is 0 Å². The van der Waals surface area contributed by atoms with Crippen LogP contribution in [0.3, 0.4) is 0 Å². The van der Waals surface area contributed by atoms with E-state index in [0.29, 0.717) is 17.3 Å². The molecule has 2 atom stereocenters. The van der Waals surface area contributed by atoms with E-state index >= 15 is 0 Å². The van der Waals surface area contributed by atoms with Gasteiger partial charge in [-0.25, -0.2) is 4.98 Å². The average molecular weight is 537 g/mol. The Bertz CT molecular complexity index is 1080. The number of hydrogen-bond acceptors (Lipinski definition) is 8. The molecule has 1 aromatic heterocycles. The molecule has 0 saturated heterocycles. The Morgan fingerprint density at radius 1 is 0.811 bits per heavy atom. The number of fused-ring (bicyclic) bond motifs is 1. The maximum atomic E-state index is 12.7. The summed E-state index contributed by atoms with van der Waals surface area (Å²) in [6, 6.07) is 6.79. The van der Waals surface area contributed by atoms with Crippen LogP contribution in [0.5, 0.6) is 11.6 Å². The number of ether oxygens (including phenoxy) is 3. The Morgan fingerprint density at radius 2 is 1.38 bits per heavy atom. The summed E-state index contributed by atoms with van der Waals surface area (Å²) in [6.45, 7) is 16.6. The number of rotatable bonds is 11. The molecule has 0 amide bonds. The highest BCUT2D eigenvalue weighted by Gasteiger charge is 2.30. The maximum absolute atomic E-state index is 12.7. The second kappa shape index (κ2) is 14.3. The zero-order chi connectivity index (χ0) is 27.2. The largest absolute Gasteiger partial charge is 0.456 e. The van der Waals surface area contributed by atoms with E-state index < -0.39 is 18.0 Å². The molecule has 206 valence electrons. The van der Waals surface area contributed by atoms with E-state index in [-0.39, 0.29) is 59.8 Å². The summed E-state index contributed by atoms with van der Waals surface area (Å²) < 4.78 is 17.1. The molecule has 2 unspecified atom stereocenters. The van der Waals surface area contributed by atoms with Crippen LogP contribution in [-0.2, 0) is 19.1 Å². The first-order valence-electron chi connectivity index (χ1n) is 12.7. The lowest BCUT2D eigenvalue weighted by molar-refractivity contribution is -0.155. The van der Waals surface area contributed by atoms with Gasteiger partial charge in [-0.15, -0.1) is 12.4 Å². The molecule has 0 fully saturated rings. The smallest absolute Gasteiger partial charge is 0.315 e. The van der Waals surface area contributed by atoms with Crippen molar-refractivity contribution in [2.24, 2.45) is 17.8 Å². The van der Waals surface area contributed by atoms with E-state index in [9.17, 15) is 14.4 Å². The van der Waals surface area contributed by atoms with Gasteiger partial charge in [0.25, 0.3) is 0 Å². The number of aromatic nitrogens is 1. The number of hydrogen-bond donors (Lipinski definition) is 1. The topological polar surface area (TPSA) is 104 Å². The number of pyridine rings is 1. The van der Waals surface area contributed by atoms with E-state index in [2.05, 4.69) is 10.3 Å². The molecule has 1 aromatic carbocycles. The van der Waals surface area contributed by atoms with Crippen molar-refractivity contribution in [2.45, 2.75) is 86.9 Å². The van der Waals surface area contributed by atoms with Gasteiger partial charge in [0.2, 0.25) is 5.88 Å². The summed E-state index contributed by atoms with van der Waals surface area (Å²) in [5, 5.41) is 4.13. The molecule has 0 aliphatic carbocycles. The molecule has 37 heavy (non-hydrogen) atoms. The Morgan fingerprint density at radius 3 is 1.89 bits per heavy atom. The number of carbonyl (C=O) groups is 3. The molecule has 2 rings (SSSR count). The summed E-state index contributed by atoms with van der Waals surface area (Å²) in [7, 11) is 0. The predicted octanol–water partition coefficient (Wildman–Crippen LogP) is 5.80. The first kappa shape index (κ1) is 32.3. The molecule has 0 spiro atoms. The summed E-state index contributed by atoms with van der Waals surface area (Å²) in [5.41, 5.74) is 1.07. The summed E-state index contributed by atoms with van der Waals surface area (Å²) in [5.74, 6) is -1.79. The Labute approximate surface area is 226 Å². The molecule has 1 N–H and O–H groups in total. The fourth-order valence-corrected chi connectivity index (χ4v) is 3.50. The van der Waals surface area contributed by atoms with Gasteiger partial charge in [0.1, 0.15) is 11.6 Å². The molecule has 1 heterocycles. The van der Waals surface area contributed by atoms with Gasteiger partial charge in [-0.05, 0) is 18.6 Å². The summed E-state index contributed by atoms with van der Waals surface area (Å²) in [6.07, 6.45) is 0.0904. The molecule has 0 aliphatic heterocycles. The van der Waals surface area contributed by atoms with Crippen LogP contribution in [0.25, 0.3) is 10.9 Å². The van der Waals surface area contributed by atoms with E-state index in [1.165, 1.54) is 0 Å². The second-order valence-corrected chi connectivity index (χ2v) is 10.2. The van der Waals surface area contributed by atoms with Crippen LogP contribution in [-0.4, -0.2) is 35.0 Å². The first-order chi connectivity index (χ1) is 16.8.